The number of hydrogen-bond donors (Lipinski definition) is 1. The molecule has 30 heavy (non-hydrogen) atoms. The van der Waals surface area contributed by atoms with Gasteiger partial charge in [-0.05, 0) is 61.0 Å². The van der Waals surface area contributed by atoms with E-state index in [2.05, 4.69) is 21.2 Å². The van der Waals surface area contributed by atoms with Crippen LogP contribution in [0, 0.1) is 6.92 Å². The van der Waals surface area contributed by atoms with Crippen molar-refractivity contribution >= 4 is 57.1 Å². The maximum absolute atomic E-state index is 13.0. The number of hydrogen-bond acceptors (Lipinski definition) is 4. The molecular formula is C22H14BrClN2O4. The van der Waals surface area contributed by atoms with Gasteiger partial charge in [0, 0.05) is 15.1 Å². The van der Waals surface area contributed by atoms with Gasteiger partial charge in [-0.15, -0.1) is 0 Å². The molecule has 6 nitrogen and oxygen atoms in total. The molecule has 1 aliphatic heterocycles. The summed E-state index contributed by atoms with van der Waals surface area (Å²) in [5, 5.41) is 2.76. The quantitative estimate of drug-likeness (QED) is 0.401. The third-order valence-corrected chi connectivity index (χ3v) is 5.65. The van der Waals surface area contributed by atoms with Crippen molar-refractivity contribution in [2.24, 2.45) is 0 Å². The van der Waals surface area contributed by atoms with Crippen LogP contribution < -0.4 is 10.2 Å². The summed E-state index contributed by atoms with van der Waals surface area (Å²) in [4.78, 5) is 38.6. The molecule has 0 radical (unpaired) electrons. The highest BCUT2D eigenvalue weighted by Gasteiger charge is 2.37. The van der Waals surface area contributed by atoms with Gasteiger partial charge in [-0.25, -0.2) is 9.69 Å². The van der Waals surface area contributed by atoms with Crippen molar-refractivity contribution in [3.63, 3.8) is 0 Å². The van der Waals surface area contributed by atoms with Gasteiger partial charge in [0.25, 0.3) is 11.8 Å². The maximum Gasteiger partial charge on any atom is 0.335 e. The number of furan rings is 1. The van der Waals surface area contributed by atoms with Gasteiger partial charge < -0.3 is 4.42 Å². The molecule has 1 saturated heterocycles. The molecule has 0 saturated carbocycles. The summed E-state index contributed by atoms with van der Waals surface area (Å²) in [5.41, 5.74) is 1.75. The first-order valence-corrected chi connectivity index (χ1v) is 10.0. The normalized spacial score (nSPS) is 15.6. The highest BCUT2D eigenvalue weighted by Crippen LogP contribution is 2.28. The largest absolute Gasteiger partial charge is 0.457 e. The number of nitrogens with one attached hydrogen (secondary N) is 1. The molecule has 0 atom stereocenters. The molecule has 150 valence electrons. The predicted molar refractivity (Wildman–Crippen MR) is 117 cm³/mol. The number of carbonyl (C=O) groups is 3. The number of nitrogens with zero attached hydrogens (tertiary/aromatic N) is 1. The van der Waals surface area contributed by atoms with Crippen LogP contribution in [-0.4, -0.2) is 17.8 Å². The smallest absolute Gasteiger partial charge is 0.335 e. The van der Waals surface area contributed by atoms with E-state index in [4.69, 9.17) is 16.0 Å². The van der Waals surface area contributed by atoms with E-state index in [1.165, 1.54) is 6.08 Å². The number of rotatable bonds is 3. The minimum Gasteiger partial charge on any atom is -0.457 e. The third-order valence-electron chi connectivity index (χ3n) is 4.52. The van der Waals surface area contributed by atoms with Gasteiger partial charge in [-0.1, -0.05) is 39.7 Å². The fraction of sp³-hybridized carbons (Fsp3) is 0.0455. The van der Waals surface area contributed by atoms with Crippen molar-refractivity contribution in [2.75, 3.05) is 4.90 Å². The number of urea groups is 1. The van der Waals surface area contributed by atoms with Crippen molar-refractivity contribution in [1.29, 1.82) is 0 Å². The number of amides is 4. The van der Waals surface area contributed by atoms with E-state index in [1.807, 2.05) is 13.0 Å². The van der Waals surface area contributed by atoms with E-state index in [0.717, 1.165) is 20.5 Å². The Labute approximate surface area is 185 Å². The van der Waals surface area contributed by atoms with Crippen LogP contribution >= 0.6 is 27.5 Å². The molecule has 0 unspecified atom stereocenters. The monoisotopic (exact) mass is 484 g/mol. The maximum atomic E-state index is 13.0. The molecule has 4 rings (SSSR count). The number of aryl methyl sites for hydroxylation is 1. The van der Waals surface area contributed by atoms with E-state index >= 15 is 0 Å². The highest BCUT2D eigenvalue weighted by molar-refractivity contribution is 9.10. The minimum absolute atomic E-state index is 0.206. The van der Waals surface area contributed by atoms with Crippen molar-refractivity contribution in [3.8, 4) is 11.3 Å². The zero-order valence-corrected chi connectivity index (χ0v) is 18.0. The molecule has 0 bridgehead atoms. The van der Waals surface area contributed by atoms with Crippen LogP contribution in [0.5, 0.6) is 0 Å². The Hall–Kier alpha value is -3.16. The second-order valence-corrected chi connectivity index (χ2v) is 7.89. The lowest BCUT2D eigenvalue weighted by atomic mass is 10.1. The van der Waals surface area contributed by atoms with E-state index < -0.39 is 17.8 Å². The van der Waals surface area contributed by atoms with Crippen molar-refractivity contribution < 1.29 is 18.8 Å². The predicted octanol–water partition coefficient (Wildman–Crippen LogP) is 5.34. The Balaban J connectivity index is 1.68. The van der Waals surface area contributed by atoms with Crippen LogP contribution in [0.2, 0.25) is 5.02 Å². The summed E-state index contributed by atoms with van der Waals surface area (Å²) in [7, 11) is 0. The average Bonchev–Trinajstić information content (AvgIpc) is 3.16. The Kier molecular flexibility index (Phi) is 5.32. The molecule has 1 aromatic heterocycles. The molecule has 4 amide bonds. The highest BCUT2D eigenvalue weighted by atomic mass is 79.9. The van der Waals surface area contributed by atoms with Gasteiger partial charge in [-0.2, -0.15) is 0 Å². The fourth-order valence-corrected chi connectivity index (χ4v) is 3.47. The molecule has 2 heterocycles. The Morgan fingerprint density at radius 2 is 1.87 bits per heavy atom. The van der Waals surface area contributed by atoms with Crippen LogP contribution in [0.25, 0.3) is 17.4 Å². The lowest BCUT2D eigenvalue weighted by Gasteiger charge is -2.26. The van der Waals surface area contributed by atoms with Crippen LogP contribution in [-0.2, 0) is 9.59 Å². The Bertz CT molecular complexity index is 1230. The number of carbonyl (C=O) groups excluding carboxylic acids is 3. The van der Waals surface area contributed by atoms with Gasteiger partial charge in [0.1, 0.15) is 17.1 Å². The second kappa shape index (κ2) is 7.93. The zero-order valence-electron chi connectivity index (χ0n) is 15.6. The van der Waals surface area contributed by atoms with E-state index in [-0.39, 0.29) is 5.57 Å². The van der Waals surface area contributed by atoms with Crippen molar-refractivity contribution in [2.45, 2.75) is 6.92 Å². The fourth-order valence-electron chi connectivity index (χ4n) is 3.03. The number of halogens is 2. The summed E-state index contributed by atoms with van der Waals surface area (Å²) < 4.78 is 6.59. The Morgan fingerprint density at radius 3 is 2.60 bits per heavy atom. The van der Waals surface area contributed by atoms with Gasteiger partial charge in [0.15, 0.2) is 0 Å². The molecule has 3 aromatic rings. The first kappa shape index (κ1) is 20.1. The summed E-state index contributed by atoms with van der Waals surface area (Å²) in [6.45, 7) is 1.84. The molecule has 1 N–H and O–H groups in total. The minimum atomic E-state index is -0.803. The Morgan fingerprint density at radius 1 is 1.07 bits per heavy atom. The summed E-state index contributed by atoms with van der Waals surface area (Å²) in [6.07, 6.45) is 1.32. The lowest BCUT2D eigenvalue weighted by Crippen LogP contribution is -2.54. The van der Waals surface area contributed by atoms with Crippen LogP contribution in [0.1, 0.15) is 11.3 Å². The van der Waals surface area contributed by atoms with Crippen molar-refractivity contribution in [1.82, 2.24) is 5.32 Å². The standard InChI is InChI=1S/C22H14BrClN2O4/c1-12-9-15(5-7-18(12)23)26-21(28)17(20(27)25-22(26)29)11-16-6-8-19(30-16)13-3-2-4-14(24)10-13/h2-11H,1H3,(H,25,27,29)/b17-11+. The van der Waals surface area contributed by atoms with E-state index in [9.17, 15) is 14.4 Å². The topological polar surface area (TPSA) is 79.6 Å². The van der Waals surface area contributed by atoms with Gasteiger partial charge in [0.2, 0.25) is 0 Å². The van der Waals surface area contributed by atoms with E-state index in [0.29, 0.717) is 22.2 Å². The second-order valence-electron chi connectivity index (χ2n) is 6.60. The molecule has 2 aromatic carbocycles. The molecule has 8 heteroatoms. The van der Waals surface area contributed by atoms with Gasteiger partial charge >= 0.3 is 6.03 Å². The zero-order chi connectivity index (χ0) is 21.4. The summed E-state index contributed by atoms with van der Waals surface area (Å²) in [5.74, 6) is -0.684. The third kappa shape index (κ3) is 3.81. The summed E-state index contributed by atoms with van der Waals surface area (Å²) in [6, 6.07) is 14.7. The van der Waals surface area contributed by atoms with Gasteiger partial charge in [-0.3, -0.25) is 14.9 Å². The SMILES string of the molecule is Cc1cc(N2C(=O)NC(=O)/C(=C\c3ccc(-c4cccc(Cl)c4)o3)C2=O)ccc1Br. The molecular weight excluding hydrogens is 472 g/mol. The average molecular weight is 486 g/mol. The first-order valence-electron chi connectivity index (χ1n) is 8.87. The first-order chi connectivity index (χ1) is 14.3. The van der Waals surface area contributed by atoms with Crippen molar-refractivity contribution in [3.05, 3.63) is 81.0 Å². The van der Waals surface area contributed by atoms with Gasteiger partial charge in [0.05, 0.1) is 5.69 Å². The van der Waals surface area contributed by atoms with Crippen LogP contribution in [0.3, 0.4) is 0 Å². The van der Waals surface area contributed by atoms with Crippen LogP contribution in [0.4, 0.5) is 10.5 Å². The molecule has 0 spiro atoms. The molecule has 1 aliphatic rings. The summed E-state index contributed by atoms with van der Waals surface area (Å²) >= 11 is 9.40. The number of benzene rings is 2. The number of imide groups is 2. The lowest BCUT2D eigenvalue weighted by molar-refractivity contribution is -0.122. The molecule has 1 fully saturated rings. The van der Waals surface area contributed by atoms with E-state index in [1.54, 1.807) is 48.5 Å². The number of barbiturate groups is 1. The number of anilines is 1. The van der Waals surface area contributed by atoms with Crippen LogP contribution in [0.15, 0.2) is 69.1 Å². The molecule has 0 aliphatic carbocycles.